The lowest BCUT2D eigenvalue weighted by Gasteiger charge is -2.34. The molecule has 1 N–H and O–H groups in total. The van der Waals surface area contributed by atoms with Crippen LogP contribution in [0.3, 0.4) is 0 Å². The molecule has 3 aromatic carbocycles. The molecule has 9 heteroatoms. The summed E-state index contributed by atoms with van der Waals surface area (Å²) in [5.41, 5.74) is 3.55. The Hall–Kier alpha value is -3.36. The summed E-state index contributed by atoms with van der Waals surface area (Å²) in [6.45, 7) is 12.7. The standard InChI is InChI=1S/C31H38ClN3O4S/c1-21-12-15-27(18-23(21)3)35(40(38,39)28-16-13-26(32)14-17-28)20-29(36)34(19-25-11-9-8-10-22(25)2)24(4)30(37)33-31(5,6)7/h8-18,24H,19-20H2,1-7H3,(H,33,37). The van der Waals surface area contributed by atoms with Crippen molar-refractivity contribution in [1.82, 2.24) is 10.2 Å². The first kappa shape index (κ1) is 31.2. The molecule has 40 heavy (non-hydrogen) atoms. The summed E-state index contributed by atoms with van der Waals surface area (Å²) in [6.07, 6.45) is 0. The number of carbonyl (C=O) groups excluding carboxylic acids is 2. The number of amides is 2. The smallest absolute Gasteiger partial charge is 0.264 e. The van der Waals surface area contributed by atoms with Crippen molar-refractivity contribution in [2.24, 2.45) is 0 Å². The Kier molecular flexibility index (Phi) is 9.69. The lowest BCUT2D eigenvalue weighted by Crippen LogP contribution is -2.54. The summed E-state index contributed by atoms with van der Waals surface area (Å²) in [5, 5.41) is 3.34. The Labute approximate surface area is 243 Å². The topological polar surface area (TPSA) is 86.8 Å². The van der Waals surface area contributed by atoms with Crippen LogP contribution in [0.4, 0.5) is 5.69 Å². The van der Waals surface area contributed by atoms with Crippen LogP contribution in [0.5, 0.6) is 0 Å². The van der Waals surface area contributed by atoms with Crippen molar-refractivity contribution in [3.63, 3.8) is 0 Å². The quantitative estimate of drug-likeness (QED) is 0.345. The molecule has 3 aromatic rings. The number of hydrogen-bond donors (Lipinski definition) is 1. The van der Waals surface area contributed by atoms with Crippen LogP contribution in [-0.4, -0.2) is 43.3 Å². The zero-order valence-corrected chi connectivity index (χ0v) is 25.7. The number of anilines is 1. The number of carbonyl (C=O) groups is 2. The molecule has 0 heterocycles. The van der Waals surface area contributed by atoms with E-state index in [1.54, 1.807) is 19.1 Å². The number of halogens is 1. The number of aryl methyl sites for hydroxylation is 3. The normalized spacial score (nSPS) is 12.5. The molecule has 0 aliphatic rings. The summed E-state index contributed by atoms with van der Waals surface area (Å²) < 4.78 is 29.0. The highest BCUT2D eigenvalue weighted by Gasteiger charge is 2.33. The fourth-order valence-corrected chi connectivity index (χ4v) is 5.70. The second-order valence-electron chi connectivity index (χ2n) is 11.1. The summed E-state index contributed by atoms with van der Waals surface area (Å²) >= 11 is 6.02. The van der Waals surface area contributed by atoms with E-state index >= 15 is 0 Å². The lowest BCUT2D eigenvalue weighted by atomic mass is 10.1. The molecule has 3 rings (SSSR count). The van der Waals surface area contributed by atoms with Crippen molar-refractivity contribution in [2.75, 3.05) is 10.8 Å². The first-order chi connectivity index (χ1) is 18.6. The maximum atomic E-state index is 14.1. The van der Waals surface area contributed by atoms with Crippen molar-refractivity contribution >= 4 is 39.1 Å². The molecule has 7 nitrogen and oxygen atoms in total. The van der Waals surface area contributed by atoms with Gasteiger partial charge in [-0.05, 0) is 107 Å². The van der Waals surface area contributed by atoms with Gasteiger partial charge in [0.25, 0.3) is 10.0 Å². The van der Waals surface area contributed by atoms with Gasteiger partial charge in [-0.15, -0.1) is 0 Å². The minimum Gasteiger partial charge on any atom is -0.350 e. The third kappa shape index (κ3) is 7.64. The predicted octanol–water partition coefficient (Wildman–Crippen LogP) is 5.79. The summed E-state index contributed by atoms with van der Waals surface area (Å²) in [5.74, 6) is -0.830. The molecular weight excluding hydrogens is 546 g/mol. The van der Waals surface area contributed by atoms with E-state index in [0.29, 0.717) is 10.7 Å². The largest absolute Gasteiger partial charge is 0.350 e. The van der Waals surface area contributed by atoms with Crippen LogP contribution in [-0.2, 0) is 26.2 Å². The van der Waals surface area contributed by atoms with Crippen molar-refractivity contribution in [3.05, 3.63) is 94.0 Å². The van der Waals surface area contributed by atoms with Gasteiger partial charge in [0.05, 0.1) is 10.6 Å². The Bertz CT molecular complexity index is 1480. The highest BCUT2D eigenvalue weighted by molar-refractivity contribution is 7.92. The fraction of sp³-hybridized carbons (Fsp3) is 0.355. The number of sulfonamides is 1. The Morgan fingerprint density at radius 3 is 2.10 bits per heavy atom. The molecule has 0 fully saturated rings. The number of rotatable bonds is 9. The van der Waals surface area contributed by atoms with Gasteiger partial charge >= 0.3 is 0 Å². The number of nitrogens with one attached hydrogen (secondary N) is 1. The van der Waals surface area contributed by atoms with Crippen LogP contribution in [0, 0.1) is 20.8 Å². The molecule has 1 unspecified atom stereocenters. The second-order valence-corrected chi connectivity index (χ2v) is 13.4. The van der Waals surface area contributed by atoms with E-state index in [4.69, 9.17) is 11.6 Å². The minimum absolute atomic E-state index is 0.00639. The van der Waals surface area contributed by atoms with E-state index in [1.165, 1.54) is 29.2 Å². The van der Waals surface area contributed by atoms with E-state index in [9.17, 15) is 18.0 Å². The maximum absolute atomic E-state index is 14.1. The maximum Gasteiger partial charge on any atom is 0.264 e. The van der Waals surface area contributed by atoms with Crippen LogP contribution in [0.1, 0.15) is 49.9 Å². The van der Waals surface area contributed by atoms with Gasteiger partial charge in [-0.3, -0.25) is 13.9 Å². The van der Waals surface area contributed by atoms with Gasteiger partial charge in [-0.1, -0.05) is 41.9 Å². The average Bonchev–Trinajstić information content (AvgIpc) is 2.87. The van der Waals surface area contributed by atoms with Crippen molar-refractivity contribution < 1.29 is 18.0 Å². The average molecular weight is 584 g/mol. The molecule has 2 amide bonds. The van der Waals surface area contributed by atoms with Gasteiger partial charge < -0.3 is 10.2 Å². The van der Waals surface area contributed by atoms with E-state index < -0.39 is 34.1 Å². The molecule has 0 aromatic heterocycles. The second kappa shape index (κ2) is 12.4. The van der Waals surface area contributed by atoms with Crippen molar-refractivity contribution in [3.8, 4) is 0 Å². The zero-order valence-electron chi connectivity index (χ0n) is 24.2. The van der Waals surface area contributed by atoms with Crippen molar-refractivity contribution in [2.45, 2.75) is 71.5 Å². The van der Waals surface area contributed by atoms with Crippen LogP contribution in [0.2, 0.25) is 5.02 Å². The number of benzene rings is 3. The molecule has 0 aliphatic carbocycles. The van der Waals surface area contributed by atoms with Gasteiger partial charge in [0.15, 0.2) is 0 Å². The first-order valence-electron chi connectivity index (χ1n) is 13.1. The molecule has 0 aliphatic heterocycles. The fourth-order valence-electron chi connectivity index (χ4n) is 4.17. The zero-order chi connectivity index (χ0) is 29.8. The van der Waals surface area contributed by atoms with E-state index in [0.717, 1.165) is 26.6 Å². The van der Waals surface area contributed by atoms with E-state index in [2.05, 4.69) is 5.32 Å². The molecule has 0 radical (unpaired) electrons. The van der Waals surface area contributed by atoms with Gasteiger partial charge in [0, 0.05) is 17.1 Å². The predicted molar refractivity (Wildman–Crippen MR) is 161 cm³/mol. The number of nitrogens with zero attached hydrogens (tertiary/aromatic N) is 2. The Morgan fingerprint density at radius 2 is 1.52 bits per heavy atom. The molecule has 214 valence electrons. The Morgan fingerprint density at radius 1 is 0.900 bits per heavy atom. The summed E-state index contributed by atoms with van der Waals surface area (Å²) in [6, 6.07) is 17.8. The Balaban J connectivity index is 2.08. The van der Waals surface area contributed by atoms with Crippen LogP contribution < -0.4 is 9.62 Å². The third-order valence-electron chi connectivity index (χ3n) is 6.73. The highest BCUT2D eigenvalue weighted by atomic mass is 35.5. The third-order valence-corrected chi connectivity index (χ3v) is 8.77. The SMILES string of the molecule is Cc1ccc(N(CC(=O)N(Cc2ccccc2C)C(C)C(=O)NC(C)(C)C)S(=O)(=O)c2ccc(Cl)cc2)cc1C. The first-order valence-corrected chi connectivity index (χ1v) is 14.9. The van der Waals surface area contributed by atoms with E-state index in [1.807, 2.05) is 71.9 Å². The summed E-state index contributed by atoms with van der Waals surface area (Å²) in [7, 11) is -4.16. The molecule has 0 saturated carbocycles. The van der Waals surface area contributed by atoms with Gasteiger partial charge in [0.1, 0.15) is 12.6 Å². The van der Waals surface area contributed by atoms with E-state index in [-0.39, 0.29) is 17.3 Å². The van der Waals surface area contributed by atoms with Crippen LogP contribution in [0.15, 0.2) is 71.6 Å². The molecule has 0 bridgehead atoms. The minimum atomic E-state index is -4.16. The molecular formula is C31H38ClN3O4S. The lowest BCUT2D eigenvalue weighted by molar-refractivity contribution is -0.140. The highest BCUT2D eigenvalue weighted by Crippen LogP contribution is 2.27. The van der Waals surface area contributed by atoms with Crippen LogP contribution >= 0.6 is 11.6 Å². The van der Waals surface area contributed by atoms with Crippen molar-refractivity contribution in [1.29, 1.82) is 0 Å². The van der Waals surface area contributed by atoms with Crippen LogP contribution in [0.25, 0.3) is 0 Å². The summed E-state index contributed by atoms with van der Waals surface area (Å²) in [4.78, 5) is 28.7. The molecule has 1 atom stereocenters. The molecule has 0 saturated heterocycles. The van der Waals surface area contributed by atoms with Gasteiger partial charge in [0.2, 0.25) is 11.8 Å². The van der Waals surface area contributed by atoms with Gasteiger partial charge in [-0.25, -0.2) is 8.42 Å². The van der Waals surface area contributed by atoms with Gasteiger partial charge in [-0.2, -0.15) is 0 Å². The molecule has 0 spiro atoms. The monoisotopic (exact) mass is 583 g/mol. The number of hydrogen-bond acceptors (Lipinski definition) is 4.